The van der Waals surface area contributed by atoms with Gasteiger partial charge in [-0.15, -0.1) is 0 Å². The second kappa shape index (κ2) is 5.80. The van der Waals surface area contributed by atoms with E-state index >= 15 is 0 Å². The molecule has 0 amide bonds. The summed E-state index contributed by atoms with van der Waals surface area (Å²) in [7, 11) is -1.89. The lowest BCUT2D eigenvalue weighted by atomic mass is 9.69. The zero-order valence-corrected chi connectivity index (χ0v) is 18.8. The Hall–Kier alpha value is 0.0969. The van der Waals surface area contributed by atoms with Gasteiger partial charge in [0.05, 0.1) is 23.4 Å². The lowest BCUT2D eigenvalue weighted by Gasteiger charge is -2.52. The average molecular weight is 369 g/mol. The topological polar surface area (TPSA) is 38.7 Å². The Kier molecular flexibility index (Phi) is 4.60. The molecule has 1 N–H and O–H groups in total. The molecule has 0 aromatic carbocycles. The molecule has 3 nitrogen and oxygen atoms in total. The summed E-state index contributed by atoms with van der Waals surface area (Å²) in [4.78, 5) is 0. The summed E-state index contributed by atoms with van der Waals surface area (Å²) in [6.07, 6.45) is 2.94. The van der Waals surface area contributed by atoms with Crippen molar-refractivity contribution in [3.8, 4) is 0 Å². The van der Waals surface area contributed by atoms with Gasteiger partial charge in [0.2, 0.25) is 0 Å². The Morgan fingerprint density at radius 3 is 2.32 bits per heavy atom. The highest BCUT2D eigenvalue weighted by atomic mass is 28.4. The smallest absolute Gasteiger partial charge is 0.192 e. The van der Waals surface area contributed by atoms with Crippen LogP contribution in [0.2, 0.25) is 18.1 Å². The molecule has 1 aliphatic carbocycles. The highest BCUT2D eigenvalue weighted by molar-refractivity contribution is 6.74. The molecule has 2 saturated heterocycles. The van der Waals surface area contributed by atoms with E-state index in [1.54, 1.807) is 0 Å². The standard InChI is InChI=1S/C21H40O3Si/c1-13(2)21-12-16(23-25(8,9)19(4,5)6)20(7,24-21)15-11-10-14(3)17(15)18(21)22/h13-18,22H,10-12H2,1-9H3/t14?,15-,16?,17-,18+,20+,21-/m1/s1. The summed E-state index contributed by atoms with van der Waals surface area (Å²) in [5, 5.41) is 11.6. The summed E-state index contributed by atoms with van der Waals surface area (Å²) < 4.78 is 13.8. The quantitative estimate of drug-likeness (QED) is 0.713. The summed E-state index contributed by atoms with van der Waals surface area (Å²) >= 11 is 0. The first kappa shape index (κ1) is 19.8. The number of rotatable bonds is 3. The number of aliphatic hydroxyl groups is 1. The predicted molar refractivity (Wildman–Crippen MR) is 105 cm³/mol. The molecule has 0 aromatic heterocycles. The molecule has 4 heteroatoms. The van der Waals surface area contributed by atoms with E-state index in [0.29, 0.717) is 23.7 Å². The van der Waals surface area contributed by atoms with Gasteiger partial charge in [-0.2, -0.15) is 0 Å². The van der Waals surface area contributed by atoms with E-state index < -0.39 is 13.9 Å². The van der Waals surface area contributed by atoms with Crippen molar-refractivity contribution in [2.24, 2.45) is 23.7 Å². The molecule has 2 unspecified atom stereocenters. The Labute approximate surface area is 156 Å². The molecule has 2 heterocycles. The Balaban J connectivity index is 2.00. The number of fused-ring (bicyclic) bond motifs is 4. The van der Waals surface area contributed by atoms with E-state index in [2.05, 4.69) is 61.6 Å². The van der Waals surface area contributed by atoms with Crippen molar-refractivity contribution < 1.29 is 14.3 Å². The maximum atomic E-state index is 11.4. The van der Waals surface area contributed by atoms with Gasteiger partial charge >= 0.3 is 0 Å². The van der Waals surface area contributed by atoms with Gasteiger partial charge in [-0.25, -0.2) is 0 Å². The minimum atomic E-state index is -1.89. The van der Waals surface area contributed by atoms with Crippen LogP contribution in [0.1, 0.15) is 67.7 Å². The zero-order chi connectivity index (χ0) is 19.0. The monoisotopic (exact) mass is 368 g/mol. The Bertz CT molecular complexity index is 526. The lowest BCUT2D eigenvalue weighted by molar-refractivity contribution is -0.257. The van der Waals surface area contributed by atoms with Crippen LogP contribution in [0.4, 0.5) is 0 Å². The molecule has 2 bridgehead atoms. The summed E-state index contributed by atoms with van der Waals surface area (Å²) in [6.45, 7) is 20.6. The third-order valence-corrected chi connectivity index (χ3v) is 12.9. The second-order valence-electron chi connectivity index (χ2n) is 11.1. The molecule has 0 aromatic rings. The van der Waals surface area contributed by atoms with Crippen LogP contribution in [0.25, 0.3) is 0 Å². The van der Waals surface area contributed by atoms with Crippen molar-refractivity contribution in [3.63, 3.8) is 0 Å². The minimum Gasteiger partial charge on any atom is -0.411 e. The van der Waals surface area contributed by atoms with Gasteiger partial charge in [-0.05, 0) is 61.6 Å². The molecule has 0 spiro atoms. The third-order valence-electron chi connectivity index (χ3n) is 8.43. The third kappa shape index (κ3) is 2.69. The van der Waals surface area contributed by atoms with Crippen molar-refractivity contribution in [2.75, 3.05) is 0 Å². The van der Waals surface area contributed by atoms with Gasteiger partial charge in [-0.1, -0.05) is 41.5 Å². The average Bonchev–Trinajstić information content (AvgIpc) is 2.95. The van der Waals surface area contributed by atoms with Crippen LogP contribution >= 0.6 is 0 Å². The fourth-order valence-corrected chi connectivity index (χ4v) is 7.02. The van der Waals surface area contributed by atoms with Crippen LogP contribution in [0.15, 0.2) is 0 Å². The van der Waals surface area contributed by atoms with Crippen molar-refractivity contribution in [1.82, 2.24) is 0 Å². The maximum Gasteiger partial charge on any atom is 0.192 e. The fourth-order valence-electron chi connectivity index (χ4n) is 5.64. The van der Waals surface area contributed by atoms with E-state index in [0.717, 1.165) is 12.8 Å². The molecule has 2 aliphatic heterocycles. The largest absolute Gasteiger partial charge is 0.411 e. The van der Waals surface area contributed by atoms with Crippen LogP contribution in [0, 0.1) is 23.7 Å². The highest BCUT2D eigenvalue weighted by Gasteiger charge is 2.70. The Morgan fingerprint density at radius 1 is 1.20 bits per heavy atom. The van der Waals surface area contributed by atoms with Crippen LogP contribution in [0.5, 0.6) is 0 Å². The van der Waals surface area contributed by atoms with Gasteiger partial charge in [-0.3, -0.25) is 0 Å². The summed E-state index contributed by atoms with van der Waals surface area (Å²) in [5.41, 5.74) is -0.698. The van der Waals surface area contributed by atoms with E-state index in [-0.39, 0.29) is 22.8 Å². The van der Waals surface area contributed by atoms with Gasteiger partial charge in [0.1, 0.15) is 0 Å². The minimum absolute atomic E-state index is 0.103. The second-order valence-corrected chi connectivity index (χ2v) is 15.9. The predicted octanol–water partition coefficient (Wildman–Crippen LogP) is 4.99. The van der Waals surface area contributed by atoms with E-state index in [9.17, 15) is 5.11 Å². The zero-order valence-electron chi connectivity index (χ0n) is 17.8. The molecule has 7 atom stereocenters. The van der Waals surface area contributed by atoms with Crippen molar-refractivity contribution in [2.45, 2.75) is 109 Å². The molecular formula is C21H40O3Si. The first-order chi connectivity index (χ1) is 11.3. The maximum absolute atomic E-state index is 11.4. The molecule has 146 valence electrons. The van der Waals surface area contributed by atoms with Crippen LogP contribution in [-0.2, 0) is 9.16 Å². The Morgan fingerprint density at radius 2 is 1.80 bits per heavy atom. The number of ether oxygens (including phenoxy) is 1. The SMILES string of the molecule is CC1CC[C@@H]2[C@@H]1[C@H](O)[C@]1(C(C)C)CC(O[Si](C)(C)C(C)(C)C)[C@@]2(C)O1. The van der Waals surface area contributed by atoms with Gasteiger partial charge in [0.15, 0.2) is 8.32 Å². The van der Waals surface area contributed by atoms with Crippen molar-refractivity contribution in [3.05, 3.63) is 0 Å². The van der Waals surface area contributed by atoms with Crippen LogP contribution in [0.3, 0.4) is 0 Å². The lowest BCUT2D eigenvalue weighted by Crippen LogP contribution is -2.61. The van der Waals surface area contributed by atoms with E-state index in [4.69, 9.17) is 9.16 Å². The van der Waals surface area contributed by atoms with E-state index in [1.807, 2.05) is 0 Å². The normalized spacial score (nSPS) is 47.4. The molecule has 3 fully saturated rings. The molecule has 0 radical (unpaired) electrons. The van der Waals surface area contributed by atoms with Gasteiger partial charge < -0.3 is 14.3 Å². The molecule has 1 saturated carbocycles. The number of hydrogen-bond acceptors (Lipinski definition) is 3. The first-order valence-corrected chi connectivity index (χ1v) is 13.2. The van der Waals surface area contributed by atoms with Crippen LogP contribution in [-0.4, -0.2) is 36.8 Å². The summed E-state index contributed by atoms with van der Waals surface area (Å²) in [6, 6.07) is 0. The van der Waals surface area contributed by atoms with Gasteiger partial charge in [0, 0.05) is 6.42 Å². The first-order valence-electron chi connectivity index (χ1n) is 10.3. The van der Waals surface area contributed by atoms with Crippen molar-refractivity contribution >= 4 is 8.32 Å². The fraction of sp³-hybridized carbons (Fsp3) is 1.00. The van der Waals surface area contributed by atoms with E-state index in [1.165, 1.54) is 6.42 Å². The molecule has 25 heavy (non-hydrogen) atoms. The summed E-state index contributed by atoms with van der Waals surface area (Å²) in [5.74, 6) is 1.65. The molecule has 3 rings (SSSR count). The highest BCUT2D eigenvalue weighted by Crippen LogP contribution is 2.63. The number of hydrogen-bond donors (Lipinski definition) is 1. The molecular weight excluding hydrogens is 328 g/mol. The molecule has 3 aliphatic rings. The van der Waals surface area contributed by atoms with Crippen LogP contribution < -0.4 is 0 Å². The van der Waals surface area contributed by atoms with Crippen molar-refractivity contribution in [1.29, 1.82) is 0 Å². The number of aliphatic hydroxyl groups excluding tert-OH is 1. The van der Waals surface area contributed by atoms with Gasteiger partial charge in [0.25, 0.3) is 0 Å².